The van der Waals surface area contributed by atoms with E-state index in [1.54, 1.807) is 18.2 Å². The second-order valence-electron chi connectivity index (χ2n) is 8.51. The fraction of sp³-hybridized carbons (Fsp3) is 0.609. The molecule has 6 nitrogen and oxygen atoms in total. The normalized spacial score (nSPS) is 20.1. The van der Waals surface area contributed by atoms with Gasteiger partial charge in [0, 0.05) is 24.2 Å². The fourth-order valence-corrected chi connectivity index (χ4v) is 5.04. The number of halogens is 1. The summed E-state index contributed by atoms with van der Waals surface area (Å²) in [5, 5.41) is 3.35. The van der Waals surface area contributed by atoms with Gasteiger partial charge in [0.05, 0.1) is 11.1 Å². The van der Waals surface area contributed by atoms with E-state index in [1.807, 2.05) is 4.90 Å². The van der Waals surface area contributed by atoms with Crippen molar-refractivity contribution in [2.75, 3.05) is 19.6 Å². The van der Waals surface area contributed by atoms with Crippen LogP contribution in [0.1, 0.15) is 89.4 Å². The van der Waals surface area contributed by atoms with Gasteiger partial charge in [0.2, 0.25) is 0 Å². The molecule has 0 atom stereocenters. The lowest BCUT2D eigenvalue weighted by Gasteiger charge is -2.34. The lowest BCUT2D eigenvalue weighted by atomic mass is 9.94. The van der Waals surface area contributed by atoms with Crippen LogP contribution in [0.2, 0.25) is 0 Å². The van der Waals surface area contributed by atoms with Crippen molar-refractivity contribution in [3.63, 3.8) is 0 Å². The minimum atomic E-state index is -0.226. The van der Waals surface area contributed by atoms with Gasteiger partial charge in [-0.3, -0.25) is 19.3 Å². The molecule has 1 N–H and O–H groups in total. The predicted molar refractivity (Wildman–Crippen MR) is 118 cm³/mol. The van der Waals surface area contributed by atoms with Crippen molar-refractivity contribution >= 4 is 30.1 Å². The quantitative estimate of drug-likeness (QED) is 0.719. The highest BCUT2D eigenvalue weighted by atomic mass is 35.5. The molecule has 1 aromatic rings. The van der Waals surface area contributed by atoms with E-state index in [0.717, 1.165) is 58.0 Å². The number of carbonyl (C=O) groups excluding carboxylic acids is 3. The molecule has 1 saturated heterocycles. The van der Waals surface area contributed by atoms with Crippen molar-refractivity contribution in [2.45, 2.75) is 70.4 Å². The smallest absolute Gasteiger partial charge is 0.261 e. The van der Waals surface area contributed by atoms with E-state index in [4.69, 9.17) is 0 Å². The molecule has 1 saturated carbocycles. The Morgan fingerprint density at radius 1 is 1.03 bits per heavy atom. The van der Waals surface area contributed by atoms with Gasteiger partial charge in [-0.05, 0) is 63.4 Å². The molecule has 0 unspecified atom stereocenters. The van der Waals surface area contributed by atoms with E-state index in [-0.39, 0.29) is 42.2 Å². The third kappa shape index (κ3) is 4.26. The highest BCUT2D eigenvalue weighted by molar-refractivity contribution is 6.22. The number of fused-ring (bicyclic) bond motifs is 1. The number of nitrogens with zero attached hydrogens (tertiary/aromatic N) is 2. The Hall–Kier alpha value is -1.92. The van der Waals surface area contributed by atoms with E-state index in [2.05, 4.69) is 12.2 Å². The summed E-state index contributed by atoms with van der Waals surface area (Å²) in [5.74, 6) is -0.451. The highest BCUT2D eigenvalue weighted by Crippen LogP contribution is 2.32. The largest absolute Gasteiger partial charge is 0.336 e. The molecule has 164 valence electrons. The SMILES string of the molecule is CCCN(C(=O)c1ccc2c(c1)C(=O)N(C1CCCCC1)C2=O)C1CCNCC1.Cl. The van der Waals surface area contributed by atoms with Gasteiger partial charge in [-0.15, -0.1) is 12.4 Å². The first-order chi connectivity index (χ1) is 14.1. The van der Waals surface area contributed by atoms with Crippen molar-refractivity contribution in [1.29, 1.82) is 0 Å². The highest BCUT2D eigenvalue weighted by Gasteiger charge is 2.40. The molecule has 0 aromatic heterocycles. The summed E-state index contributed by atoms with van der Waals surface area (Å²) in [7, 11) is 0. The molecule has 3 aliphatic rings. The van der Waals surface area contributed by atoms with E-state index >= 15 is 0 Å². The number of hydrogen-bond acceptors (Lipinski definition) is 4. The Balaban J connectivity index is 0.00000256. The van der Waals surface area contributed by atoms with Crippen LogP contribution in [0.25, 0.3) is 0 Å². The summed E-state index contributed by atoms with van der Waals surface area (Å²) in [6, 6.07) is 5.29. The number of hydrogen-bond donors (Lipinski definition) is 1. The number of carbonyl (C=O) groups is 3. The van der Waals surface area contributed by atoms with Crippen LogP contribution >= 0.6 is 12.4 Å². The summed E-state index contributed by atoms with van der Waals surface area (Å²) in [6.07, 6.45) is 7.85. The molecule has 0 bridgehead atoms. The van der Waals surface area contributed by atoms with Gasteiger partial charge in [-0.1, -0.05) is 26.2 Å². The molecule has 3 amide bonds. The zero-order valence-electron chi connectivity index (χ0n) is 17.7. The number of piperidine rings is 1. The van der Waals surface area contributed by atoms with Crippen LogP contribution in [0.5, 0.6) is 0 Å². The summed E-state index contributed by atoms with van der Waals surface area (Å²) < 4.78 is 0. The average Bonchev–Trinajstić information content (AvgIpc) is 3.02. The van der Waals surface area contributed by atoms with E-state index < -0.39 is 0 Å². The van der Waals surface area contributed by atoms with Gasteiger partial charge >= 0.3 is 0 Å². The maximum atomic E-state index is 13.3. The maximum absolute atomic E-state index is 13.3. The number of imide groups is 1. The van der Waals surface area contributed by atoms with Crippen LogP contribution in [0, 0.1) is 0 Å². The van der Waals surface area contributed by atoms with Crippen LogP contribution in [0.4, 0.5) is 0 Å². The molecule has 1 aromatic carbocycles. The lowest BCUT2D eigenvalue weighted by molar-refractivity contribution is 0.0548. The Kier molecular flexibility index (Phi) is 7.53. The van der Waals surface area contributed by atoms with Crippen LogP contribution < -0.4 is 5.32 Å². The monoisotopic (exact) mass is 433 g/mol. The summed E-state index contributed by atoms with van der Waals surface area (Å²) in [4.78, 5) is 42.6. The summed E-state index contributed by atoms with van der Waals surface area (Å²) >= 11 is 0. The summed E-state index contributed by atoms with van der Waals surface area (Å²) in [6.45, 7) is 4.63. The van der Waals surface area contributed by atoms with Crippen molar-refractivity contribution in [3.8, 4) is 0 Å². The Morgan fingerprint density at radius 3 is 2.37 bits per heavy atom. The zero-order valence-corrected chi connectivity index (χ0v) is 18.5. The van der Waals surface area contributed by atoms with Gasteiger partial charge in [0.15, 0.2) is 0 Å². The molecular weight excluding hydrogens is 402 g/mol. The lowest BCUT2D eigenvalue weighted by Crippen LogP contribution is -2.46. The molecule has 0 radical (unpaired) electrons. The Morgan fingerprint density at radius 2 is 1.70 bits per heavy atom. The van der Waals surface area contributed by atoms with Gasteiger partial charge < -0.3 is 10.2 Å². The second kappa shape index (κ2) is 9.92. The number of benzene rings is 1. The topological polar surface area (TPSA) is 69.7 Å². The van der Waals surface area contributed by atoms with Crippen molar-refractivity contribution in [3.05, 3.63) is 34.9 Å². The number of rotatable bonds is 5. The number of nitrogens with one attached hydrogen (secondary N) is 1. The van der Waals surface area contributed by atoms with Crippen LogP contribution in [0.3, 0.4) is 0 Å². The molecule has 2 fully saturated rings. The Bertz CT molecular complexity index is 801. The van der Waals surface area contributed by atoms with Crippen molar-refractivity contribution < 1.29 is 14.4 Å². The minimum Gasteiger partial charge on any atom is -0.336 e. The molecule has 4 rings (SSSR count). The molecule has 7 heteroatoms. The molecule has 2 aliphatic heterocycles. The first-order valence-corrected chi connectivity index (χ1v) is 11.2. The molecule has 2 heterocycles. The third-order valence-corrected chi connectivity index (χ3v) is 6.58. The fourth-order valence-electron chi connectivity index (χ4n) is 5.04. The standard InChI is InChI=1S/C23H31N3O3.ClH/c1-2-14-25(17-10-12-24-13-11-17)21(27)16-8-9-19-20(15-16)23(29)26(22(19)28)18-6-4-3-5-7-18;/h8-9,15,17-18,24H,2-7,10-14H2,1H3;1H. The first-order valence-electron chi connectivity index (χ1n) is 11.2. The van der Waals surface area contributed by atoms with E-state index in [0.29, 0.717) is 23.2 Å². The van der Waals surface area contributed by atoms with Crippen LogP contribution in [-0.4, -0.2) is 59.2 Å². The van der Waals surface area contributed by atoms with Crippen LogP contribution in [0.15, 0.2) is 18.2 Å². The predicted octanol–water partition coefficient (Wildman–Crippen LogP) is 3.64. The maximum Gasteiger partial charge on any atom is 0.261 e. The van der Waals surface area contributed by atoms with Gasteiger partial charge in [0.1, 0.15) is 0 Å². The van der Waals surface area contributed by atoms with E-state index in [1.165, 1.54) is 11.3 Å². The van der Waals surface area contributed by atoms with Crippen molar-refractivity contribution in [1.82, 2.24) is 15.1 Å². The first kappa shape index (κ1) is 22.8. The molecular formula is C23H32ClN3O3. The Labute approximate surface area is 184 Å². The van der Waals surface area contributed by atoms with Crippen LogP contribution in [-0.2, 0) is 0 Å². The average molecular weight is 434 g/mol. The third-order valence-electron chi connectivity index (χ3n) is 6.58. The molecule has 30 heavy (non-hydrogen) atoms. The van der Waals surface area contributed by atoms with E-state index in [9.17, 15) is 14.4 Å². The van der Waals surface area contributed by atoms with Gasteiger partial charge in [-0.2, -0.15) is 0 Å². The molecule has 1 aliphatic carbocycles. The molecule has 0 spiro atoms. The minimum absolute atomic E-state index is 0. The van der Waals surface area contributed by atoms with Gasteiger partial charge in [-0.25, -0.2) is 0 Å². The summed E-state index contributed by atoms with van der Waals surface area (Å²) in [5.41, 5.74) is 1.36. The zero-order chi connectivity index (χ0) is 20.4. The van der Waals surface area contributed by atoms with Crippen molar-refractivity contribution in [2.24, 2.45) is 0 Å². The van der Waals surface area contributed by atoms with Gasteiger partial charge in [0.25, 0.3) is 17.7 Å². The number of amides is 3. The second-order valence-corrected chi connectivity index (χ2v) is 8.51.